The summed E-state index contributed by atoms with van der Waals surface area (Å²) in [4.78, 5) is 0. The molecule has 0 aromatic heterocycles. The predicted octanol–water partition coefficient (Wildman–Crippen LogP) is 1.61. The van der Waals surface area contributed by atoms with E-state index in [9.17, 15) is 0 Å². The Morgan fingerprint density at radius 2 is 2.21 bits per heavy atom. The zero-order valence-corrected chi connectivity index (χ0v) is 9.29. The lowest BCUT2D eigenvalue weighted by Gasteiger charge is -2.37. The normalized spacial score (nSPS) is 46.9. The van der Waals surface area contributed by atoms with Gasteiger partial charge in [0.25, 0.3) is 0 Å². The van der Waals surface area contributed by atoms with Gasteiger partial charge in [-0.05, 0) is 26.2 Å². The van der Waals surface area contributed by atoms with Gasteiger partial charge in [0.2, 0.25) is 0 Å². The molecule has 0 radical (unpaired) electrons. The summed E-state index contributed by atoms with van der Waals surface area (Å²) < 4.78 is 16.9. The van der Waals surface area contributed by atoms with Crippen molar-refractivity contribution in [1.82, 2.24) is 0 Å². The van der Waals surface area contributed by atoms with E-state index in [1.54, 1.807) is 14.2 Å². The van der Waals surface area contributed by atoms with E-state index in [2.05, 4.69) is 6.92 Å². The molecular formula is C11H20O3. The topological polar surface area (TPSA) is 27.7 Å². The average molecular weight is 200 g/mol. The van der Waals surface area contributed by atoms with Crippen molar-refractivity contribution in [2.24, 2.45) is 5.92 Å². The minimum Gasteiger partial charge on any atom is -0.382 e. The molecule has 2 fully saturated rings. The van der Waals surface area contributed by atoms with Gasteiger partial charge >= 0.3 is 0 Å². The standard InChI is InChI=1S/C11H20O3/c1-8-9-5-4-6-11(14-8,7-12-2)10(9)13-3/h8-10H,4-7H2,1-3H3/t8-,9-,10-,11+/m0/s1. The zero-order chi connectivity index (χ0) is 10.2. The van der Waals surface area contributed by atoms with Gasteiger partial charge in [-0.3, -0.25) is 0 Å². The van der Waals surface area contributed by atoms with Crippen LogP contribution in [-0.2, 0) is 14.2 Å². The van der Waals surface area contributed by atoms with Gasteiger partial charge in [0.05, 0.1) is 18.8 Å². The molecule has 1 heterocycles. The highest BCUT2D eigenvalue weighted by Gasteiger charge is 2.55. The van der Waals surface area contributed by atoms with E-state index in [4.69, 9.17) is 14.2 Å². The molecule has 3 heteroatoms. The third-order valence-corrected chi connectivity index (χ3v) is 3.71. The van der Waals surface area contributed by atoms with Gasteiger partial charge in [0, 0.05) is 20.1 Å². The summed E-state index contributed by atoms with van der Waals surface area (Å²) in [5.74, 6) is 0.559. The minimum absolute atomic E-state index is 0.161. The Balaban J connectivity index is 2.20. The largest absolute Gasteiger partial charge is 0.382 e. The van der Waals surface area contributed by atoms with Crippen LogP contribution in [0.25, 0.3) is 0 Å². The van der Waals surface area contributed by atoms with Crippen LogP contribution in [0.15, 0.2) is 0 Å². The molecule has 0 unspecified atom stereocenters. The fourth-order valence-corrected chi connectivity index (χ4v) is 3.21. The van der Waals surface area contributed by atoms with Crippen LogP contribution in [0.4, 0.5) is 0 Å². The maximum Gasteiger partial charge on any atom is 0.118 e. The lowest BCUT2D eigenvalue weighted by atomic mass is 9.77. The Bertz CT molecular complexity index is 203. The van der Waals surface area contributed by atoms with Gasteiger partial charge in [-0.25, -0.2) is 0 Å². The first-order valence-electron chi connectivity index (χ1n) is 5.43. The van der Waals surface area contributed by atoms with Crippen LogP contribution < -0.4 is 0 Å². The third-order valence-electron chi connectivity index (χ3n) is 3.71. The number of rotatable bonds is 3. The molecule has 0 N–H and O–H groups in total. The molecule has 14 heavy (non-hydrogen) atoms. The van der Waals surface area contributed by atoms with E-state index < -0.39 is 0 Å². The molecule has 0 aromatic rings. The molecule has 0 spiro atoms. The van der Waals surface area contributed by atoms with Gasteiger partial charge in [-0.15, -0.1) is 0 Å². The molecule has 3 nitrogen and oxygen atoms in total. The molecule has 1 saturated carbocycles. The SMILES string of the molecule is COC[C@@]12CCC[C@@H]([C@H](C)O1)[C@@H]2OC. The molecule has 1 aliphatic carbocycles. The highest BCUT2D eigenvalue weighted by atomic mass is 16.6. The Labute approximate surface area is 85.7 Å². The maximum absolute atomic E-state index is 6.07. The van der Waals surface area contributed by atoms with E-state index in [0.29, 0.717) is 18.6 Å². The summed E-state index contributed by atoms with van der Waals surface area (Å²) in [5.41, 5.74) is -0.161. The van der Waals surface area contributed by atoms with Gasteiger partial charge in [0.1, 0.15) is 5.60 Å². The van der Waals surface area contributed by atoms with E-state index >= 15 is 0 Å². The summed E-state index contributed by atoms with van der Waals surface area (Å²) in [6, 6.07) is 0. The Morgan fingerprint density at radius 3 is 2.86 bits per heavy atom. The summed E-state index contributed by atoms with van der Waals surface area (Å²) in [6.45, 7) is 2.81. The lowest BCUT2D eigenvalue weighted by Crippen LogP contribution is -2.48. The van der Waals surface area contributed by atoms with Crippen molar-refractivity contribution in [2.45, 2.75) is 44.0 Å². The van der Waals surface area contributed by atoms with Crippen molar-refractivity contribution < 1.29 is 14.2 Å². The summed E-state index contributed by atoms with van der Waals surface area (Å²) in [5, 5.41) is 0. The van der Waals surface area contributed by atoms with Crippen LogP contribution in [-0.4, -0.2) is 38.6 Å². The quantitative estimate of drug-likeness (QED) is 0.692. The van der Waals surface area contributed by atoms with Crippen LogP contribution in [0.3, 0.4) is 0 Å². The fourth-order valence-electron chi connectivity index (χ4n) is 3.21. The monoisotopic (exact) mass is 200 g/mol. The van der Waals surface area contributed by atoms with E-state index in [1.807, 2.05) is 0 Å². The molecule has 82 valence electrons. The number of hydrogen-bond acceptors (Lipinski definition) is 3. The second kappa shape index (κ2) is 3.80. The summed E-state index contributed by atoms with van der Waals surface area (Å²) in [6.07, 6.45) is 4.08. The van der Waals surface area contributed by atoms with Gasteiger partial charge in [-0.2, -0.15) is 0 Å². The van der Waals surface area contributed by atoms with Crippen LogP contribution in [0.1, 0.15) is 26.2 Å². The molecule has 2 bridgehead atoms. The predicted molar refractivity (Wildman–Crippen MR) is 53.3 cm³/mol. The number of ether oxygens (including phenoxy) is 3. The number of methoxy groups -OCH3 is 2. The number of fused-ring (bicyclic) bond motifs is 2. The molecule has 2 rings (SSSR count). The third kappa shape index (κ3) is 1.38. The Hall–Kier alpha value is -0.120. The lowest BCUT2D eigenvalue weighted by molar-refractivity contribution is -0.133. The Kier molecular flexibility index (Phi) is 2.82. The molecular weight excluding hydrogens is 180 g/mol. The molecule has 2 aliphatic rings. The first-order valence-corrected chi connectivity index (χ1v) is 5.43. The van der Waals surface area contributed by atoms with Gasteiger partial charge in [-0.1, -0.05) is 0 Å². The van der Waals surface area contributed by atoms with Crippen molar-refractivity contribution in [1.29, 1.82) is 0 Å². The molecule has 0 aromatic carbocycles. The van der Waals surface area contributed by atoms with Crippen molar-refractivity contribution in [3.8, 4) is 0 Å². The smallest absolute Gasteiger partial charge is 0.118 e. The van der Waals surface area contributed by atoms with Crippen LogP contribution in [0.2, 0.25) is 0 Å². The van der Waals surface area contributed by atoms with Crippen LogP contribution in [0, 0.1) is 5.92 Å². The summed E-state index contributed by atoms with van der Waals surface area (Å²) >= 11 is 0. The fraction of sp³-hybridized carbons (Fsp3) is 1.00. The molecule has 4 atom stereocenters. The van der Waals surface area contributed by atoms with E-state index in [1.165, 1.54) is 12.8 Å². The van der Waals surface area contributed by atoms with Crippen molar-refractivity contribution in [2.75, 3.05) is 20.8 Å². The van der Waals surface area contributed by atoms with Crippen molar-refractivity contribution in [3.63, 3.8) is 0 Å². The Morgan fingerprint density at radius 1 is 1.43 bits per heavy atom. The zero-order valence-electron chi connectivity index (χ0n) is 9.29. The van der Waals surface area contributed by atoms with Crippen molar-refractivity contribution in [3.05, 3.63) is 0 Å². The minimum atomic E-state index is -0.161. The molecule has 0 amide bonds. The maximum atomic E-state index is 6.07. The van der Waals surface area contributed by atoms with Gasteiger partial charge in [0.15, 0.2) is 0 Å². The van der Waals surface area contributed by atoms with Crippen LogP contribution >= 0.6 is 0 Å². The highest BCUT2D eigenvalue weighted by molar-refractivity contribution is 5.04. The first kappa shape index (κ1) is 10.4. The van der Waals surface area contributed by atoms with E-state index in [-0.39, 0.29) is 11.7 Å². The summed E-state index contributed by atoms with van der Waals surface area (Å²) in [7, 11) is 3.52. The molecule has 1 saturated heterocycles. The van der Waals surface area contributed by atoms with Crippen LogP contribution in [0.5, 0.6) is 0 Å². The van der Waals surface area contributed by atoms with Gasteiger partial charge < -0.3 is 14.2 Å². The molecule has 1 aliphatic heterocycles. The average Bonchev–Trinajstić information content (AvgIpc) is 2.30. The second-order valence-electron chi connectivity index (χ2n) is 4.53. The second-order valence-corrected chi connectivity index (χ2v) is 4.53. The highest BCUT2D eigenvalue weighted by Crippen LogP contribution is 2.47. The van der Waals surface area contributed by atoms with E-state index in [0.717, 1.165) is 6.42 Å². The number of hydrogen-bond donors (Lipinski definition) is 0. The first-order chi connectivity index (χ1) is 6.73. The van der Waals surface area contributed by atoms with Crippen molar-refractivity contribution >= 4 is 0 Å².